The van der Waals surface area contributed by atoms with Crippen molar-refractivity contribution >= 4 is 22.7 Å². The lowest BCUT2D eigenvalue weighted by molar-refractivity contribution is 0.0474. The molecule has 2 aromatic heterocycles. The van der Waals surface area contributed by atoms with E-state index in [9.17, 15) is 14.4 Å². The minimum Gasteiger partial charge on any atom is -0.454 e. The fourth-order valence-corrected chi connectivity index (χ4v) is 3.34. The van der Waals surface area contributed by atoms with Crippen molar-refractivity contribution in [3.63, 3.8) is 0 Å². The van der Waals surface area contributed by atoms with E-state index in [1.807, 2.05) is 0 Å². The number of hydrogen-bond acceptors (Lipinski definition) is 5. The number of aryl methyl sites for hydroxylation is 1. The first-order valence-corrected chi connectivity index (χ1v) is 9.00. The zero-order valence-electron chi connectivity index (χ0n) is 14.7. The van der Waals surface area contributed by atoms with Crippen molar-refractivity contribution in [3.8, 4) is 0 Å². The monoisotopic (exact) mass is 365 g/mol. The number of hydrogen-bond donors (Lipinski definition) is 1. The van der Waals surface area contributed by atoms with Crippen LogP contribution in [-0.4, -0.2) is 32.9 Å². The Morgan fingerprint density at radius 1 is 1.19 bits per heavy atom. The molecule has 3 aromatic rings. The van der Waals surface area contributed by atoms with Crippen molar-refractivity contribution < 1.29 is 14.3 Å². The van der Waals surface area contributed by atoms with Gasteiger partial charge in [0.1, 0.15) is 5.82 Å². The number of fused-ring (bicyclic) bond motifs is 2. The number of aromatic nitrogens is 3. The second-order valence-electron chi connectivity index (χ2n) is 6.61. The standard InChI is InChI=1S/C20H19N3O4/c24-17(15-5-4-9-21-15)12-27-20(26)13-7-8-14-16(11-13)22-18-6-2-1-3-10-23(18)19(14)25/h4-5,7-9,11,21H,1-3,6,10,12H2. The molecule has 138 valence electrons. The van der Waals surface area contributed by atoms with Crippen LogP contribution in [0.4, 0.5) is 0 Å². The number of carbonyl (C=O) groups is 2. The molecule has 27 heavy (non-hydrogen) atoms. The molecule has 0 saturated heterocycles. The Bertz CT molecular complexity index is 1070. The number of nitrogens with zero attached hydrogens (tertiary/aromatic N) is 2. The number of ether oxygens (including phenoxy) is 1. The van der Waals surface area contributed by atoms with Gasteiger partial charge in [-0.25, -0.2) is 9.78 Å². The molecule has 1 aliphatic heterocycles. The van der Waals surface area contributed by atoms with E-state index in [2.05, 4.69) is 9.97 Å². The van der Waals surface area contributed by atoms with Gasteiger partial charge >= 0.3 is 5.97 Å². The summed E-state index contributed by atoms with van der Waals surface area (Å²) in [6, 6.07) is 8.02. The summed E-state index contributed by atoms with van der Waals surface area (Å²) in [7, 11) is 0. The van der Waals surface area contributed by atoms with Crippen LogP contribution < -0.4 is 5.56 Å². The summed E-state index contributed by atoms with van der Waals surface area (Å²) < 4.78 is 6.84. The first-order chi connectivity index (χ1) is 13.1. The predicted molar refractivity (Wildman–Crippen MR) is 99.0 cm³/mol. The summed E-state index contributed by atoms with van der Waals surface area (Å²) in [5, 5.41) is 0.486. The summed E-state index contributed by atoms with van der Waals surface area (Å²) in [5.74, 6) is -0.165. The molecule has 0 fully saturated rings. The molecule has 0 aliphatic carbocycles. The Hall–Kier alpha value is -3.22. The normalized spacial score (nSPS) is 13.8. The first-order valence-electron chi connectivity index (χ1n) is 9.00. The lowest BCUT2D eigenvalue weighted by Crippen LogP contribution is -2.24. The van der Waals surface area contributed by atoms with Gasteiger partial charge < -0.3 is 9.72 Å². The van der Waals surface area contributed by atoms with Crippen LogP contribution in [0.2, 0.25) is 0 Å². The van der Waals surface area contributed by atoms with Crippen LogP contribution in [0.15, 0.2) is 41.3 Å². The molecule has 1 N–H and O–H groups in total. The topological polar surface area (TPSA) is 94.0 Å². The minimum atomic E-state index is -0.617. The molecule has 7 heteroatoms. The van der Waals surface area contributed by atoms with Gasteiger partial charge in [-0.15, -0.1) is 0 Å². The number of aromatic amines is 1. The van der Waals surface area contributed by atoms with E-state index in [0.717, 1.165) is 31.5 Å². The lowest BCUT2D eigenvalue weighted by atomic mass is 10.1. The fraction of sp³-hybridized carbons (Fsp3) is 0.300. The Labute approximate surface area is 155 Å². The average molecular weight is 365 g/mol. The van der Waals surface area contributed by atoms with Crippen LogP contribution in [0.25, 0.3) is 10.9 Å². The minimum absolute atomic E-state index is 0.0706. The van der Waals surface area contributed by atoms with Crippen LogP contribution in [0, 0.1) is 0 Å². The highest BCUT2D eigenvalue weighted by Crippen LogP contribution is 2.17. The maximum absolute atomic E-state index is 12.7. The summed E-state index contributed by atoms with van der Waals surface area (Å²) in [6.45, 7) is 0.333. The molecule has 0 radical (unpaired) electrons. The number of H-pyrrole nitrogens is 1. The molecular weight excluding hydrogens is 346 g/mol. The molecule has 1 aromatic carbocycles. The van der Waals surface area contributed by atoms with Gasteiger partial charge in [-0.2, -0.15) is 0 Å². The number of rotatable bonds is 4. The Balaban J connectivity index is 1.58. The molecule has 0 amide bonds. The summed E-state index contributed by atoms with van der Waals surface area (Å²) in [4.78, 5) is 44.3. The second kappa shape index (κ2) is 7.19. The zero-order valence-corrected chi connectivity index (χ0v) is 14.7. The van der Waals surface area contributed by atoms with Crippen LogP contribution in [0.1, 0.15) is 45.9 Å². The zero-order chi connectivity index (χ0) is 18.8. The third-order valence-corrected chi connectivity index (χ3v) is 4.78. The third-order valence-electron chi connectivity index (χ3n) is 4.78. The van der Waals surface area contributed by atoms with Crippen molar-refractivity contribution in [3.05, 3.63) is 64.0 Å². The van der Waals surface area contributed by atoms with E-state index in [1.165, 1.54) is 6.07 Å². The third kappa shape index (κ3) is 3.40. The number of benzene rings is 1. The largest absolute Gasteiger partial charge is 0.454 e. The van der Waals surface area contributed by atoms with Gasteiger partial charge in [-0.3, -0.25) is 14.2 Å². The smallest absolute Gasteiger partial charge is 0.338 e. The van der Waals surface area contributed by atoms with E-state index < -0.39 is 5.97 Å². The Morgan fingerprint density at radius 2 is 2.07 bits per heavy atom. The highest BCUT2D eigenvalue weighted by atomic mass is 16.5. The van der Waals surface area contributed by atoms with Crippen LogP contribution in [-0.2, 0) is 17.7 Å². The van der Waals surface area contributed by atoms with E-state index in [-0.39, 0.29) is 23.5 Å². The SMILES string of the molecule is O=C(OCC(=O)c1ccc[nH]1)c1ccc2c(=O)n3c(nc2c1)CCCCC3. The number of ketones is 1. The van der Waals surface area contributed by atoms with Crippen molar-refractivity contribution in [2.24, 2.45) is 0 Å². The van der Waals surface area contributed by atoms with Crippen molar-refractivity contribution in [1.29, 1.82) is 0 Å². The van der Waals surface area contributed by atoms with Gasteiger partial charge in [-0.05, 0) is 43.2 Å². The maximum atomic E-state index is 12.7. The van der Waals surface area contributed by atoms with Gasteiger partial charge in [0.25, 0.3) is 5.56 Å². The highest BCUT2D eigenvalue weighted by molar-refractivity contribution is 5.99. The second-order valence-corrected chi connectivity index (χ2v) is 6.61. The van der Waals surface area contributed by atoms with Gasteiger partial charge in [-0.1, -0.05) is 6.42 Å². The maximum Gasteiger partial charge on any atom is 0.338 e. The van der Waals surface area contributed by atoms with Crippen molar-refractivity contribution in [1.82, 2.24) is 14.5 Å². The molecule has 3 heterocycles. The molecule has 0 unspecified atom stereocenters. The van der Waals surface area contributed by atoms with Crippen molar-refractivity contribution in [2.75, 3.05) is 6.61 Å². The number of nitrogens with one attached hydrogen (secondary N) is 1. The first kappa shape index (κ1) is 17.2. The van der Waals surface area contributed by atoms with Gasteiger partial charge in [0.05, 0.1) is 22.2 Å². The quantitative estimate of drug-likeness (QED) is 0.566. The molecule has 0 spiro atoms. The van der Waals surface area contributed by atoms with Crippen LogP contribution in [0.3, 0.4) is 0 Å². The van der Waals surface area contributed by atoms with E-state index in [4.69, 9.17) is 4.74 Å². The molecular formula is C20H19N3O4. The summed E-state index contributed by atoms with van der Waals surface area (Å²) in [5.41, 5.74) is 1.07. The highest BCUT2D eigenvalue weighted by Gasteiger charge is 2.17. The lowest BCUT2D eigenvalue weighted by Gasteiger charge is -2.10. The molecule has 0 bridgehead atoms. The van der Waals surface area contributed by atoms with Gasteiger partial charge in [0.2, 0.25) is 5.78 Å². The number of Topliss-reactive ketones (excluding diaryl/α,β-unsaturated/α-hetero) is 1. The van der Waals surface area contributed by atoms with Crippen LogP contribution in [0.5, 0.6) is 0 Å². The Kier molecular flexibility index (Phi) is 4.58. The molecule has 4 rings (SSSR count). The molecule has 1 aliphatic rings. The van der Waals surface area contributed by atoms with Crippen molar-refractivity contribution in [2.45, 2.75) is 32.2 Å². The number of esters is 1. The van der Waals surface area contributed by atoms with E-state index in [0.29, 0.717) is 23.1 Å². The summed E-state index contributed by atoms with van der Waals surface area (Å²) in [6.07, 6.45) is 5.43. The molecule has 7 nitrogen and oxygen atoms in total. The molecule has 0 atom stereocenters. The van der Waals surface area contributed by atoms with Gasteiger partial charge in [0, 0.05) is 19.2 Å². The van der Waals surface area contributed by atoms with E-state index >= 15 is 0 Å². The Morgan fingerprint density at radius 3 is 2.89 bits per heavy atom. The fourth-order valence-electron chi connectivity index (χ4n) is 3.34. The predicted octanol–water partition coefficient (Wildman–Crippen LogP) is 2.49. The van der Waals surface area contributed by atoms with Crippen LogP contribution >= 0.6 is 0 Å². The summed E-state index contributed by atoms with van der Waals surface area (Å²) >= 11 is 0. The van der Waals surface area contributed by atoms with Gasteiger partial charge in [0.15, 0.2) is 6.61 Å². The number of carbonyl (C=O) groups excluding carboxylic acids is 2. The molecule has 0 saturated carbocycles. The average Bonchev–Trinajstić information content (AvgIpc) is 3.12. The van der Waals surface area contributed by atoms with E-state index in [1.54, 1.807) is 35.0 Å².